The molecule has 0 aliphatic heterocycles. The highest BCUT2D eigenvalue weighted by atomic mass is 32.1. The highest BCUT2D eigenvalue weighted by molar-refractivity contribution is 7.09. The van der Waals surface area contributed by atoms with E-state index in [2.05, 4.69) is 11.1 Å². The minimum atomic E-state index is -0.558. The lowest BCUT2D eigenvalue weighted by molar-refractivity contribution is 0.124. The fraction of sp³-hybridized carbons (Fsp3) is 0.286. The first kappa shape index (κ1) is 13.7. The number of hydrogen-bond donors (Lipinski definition) is 1. The number of benzene rings is 1. The second kappa shape index (κ2) is 6.43. The fourth-order valence-electron chi connectivity index (χ4n) is 1.81. The summed E-state index contributed by atoms with van der Waals surface area (Å²) >= 11 is 1.61. The van der Waals surface area contributed by atoms with Crippen molar-refractivity contribution in [3.05, 3.63) is 52.0 Å². The van der Waals surface area contributed by atoms with Crippen LogP contribution in [0.3, 0.4) is 0 Å². The Balaban J connectivity index is 1.92. The number of rotatable bonds is 5. The quantitative estimate of drug-likeness (QED) is 0.907. The lowest BCUT2D eigenvalue weighted by Crippen LogP contribution is -2.24. The molecule has 1 heterocycles. The summed E-state index contributed by atoms with van der Waals surface area (Å²) in [5, 5.41) is 21.9. The molecule has 0 spiro atoms. The molecule has 0 saturated heterocycles. The zero-order chi connectivity index (χ0) is 13.7. The zero-order valence-corrected chi connectivity index (χ0v) is 11.5. The number of nitriles is 1. The number of aromatic nitrogens is 1. The normalized spacial score (nSPS) is 12.3. The predicted octanol–water partition coefficient (Wildman–Crippen LogP) is 2.18. The molecule has 0 aliphatic rings. The Hall–Kier alpha value is -1.74. The maximum Gasteiger partial charge on any atom is 0.107 e. The maximum atomic E-state index is 10.1. The second-order valence-corrected chi connectivity index (χ2v) is 5.35. The molecule has 0 radical (unpaired) electrons. The minimum absolute atomic E-state index is 0.533. The van der Waals surface area contributed by atoms with Crippen LogP contribution in [-0.2, 0) is 6.54 Å². The second-order valence-electron chi connectivity index (χ2n) is 4.37. The van der Waals surface area contributed by atoms with Crippen LogP contribution in [0.25, 0.3) is 0 Å². The Morgan fingerprint density at radius 3 is 2.74 bits per heavy atom. The summed E-state index contributed by atoms with van der Waals surface area (Å²) < 4.78 is 0. The lowest BCUT2D eigenvalue weighted by Gasteiger charge is -2.19. The molecule has 1 aromatic heterocycles. The van der Waals surface area contributed by atoms with E-state index >= 15 is 0 Å². The van der Waals surface area contributed by atoms with Crippen LogP contribution < -0.4 is 0 Å². The number of hydrogen-bond acceptors (Lipinski definition) is 5. The molecule has 98 valence electrons. The van der Waals surface area contributed by atoms with Crippen LogP contribution in [0.2, 0.25) is 0 Å². The number of nitrogens with zero attached hydrogens (tertiary/aromatic N) is 3. The number of aliphatic hydroxyl groups is 1. The summed E-state index contributed by atoms with van der Waals surface area (Å²) in [4.78, 5) is 6.25. The summed E-state index contributed by atoms with van der Waals surface area (Å²) in [6.07, 6.45) is 1.22. The van der Waals surface area contributed by atoms with E-state index in [9.17, 15) is 5.11 Å². The van der Waals surface area contributed by atoms with E-state index < -0.39 is 6.10 Å². The SMILES string of the molecule is CN(Cc1nccs1)CC(O)c1ccc(C#N)cc1. The third kappa shape index (κ3) is 3.86. The molecule has 0 amide bonds. The van der Waals surface area contributed by atoms with Crippen LogP contribution >= 0.6 is 11.3 Å². The van der Waals surface area contributed by atoms with Crippen molar-refractivity contribution in [3.63, 3.8) is 0 Å². The molecule has 4 nitrogen and oxygen atoms in total. The van der Waals surface area contributed by atoms with Crippen molar-refractivity contribution in [1.82, 2.24) is 9.88 Å². The van der Waals surface area contributed by atoms with Crippen LogP contribution in [0, 0.1) is 11.3 Å². The van der Waals surface area contributed by atoms with Gasteiger partial charge in [0.05, 0.1) is 24.3 Å². The van der Waals surface area contributed by atoms with Gasteiger partial charge in [-0.3, -0.25) is 4.90 Å². The van der Waals surface area contributed by atoms with Crippen LogP contribution in [0.5, 0.6) is 0 Å². The van der Waals surface area contributed by atoms with Crippen molar-refractivity contribution >= 4 is 11.3 Å². The first-order chi connectivity index (χ1) is 9.19. The van der Waals surface area contributed by atoms with Gasteiger partial charge >= 0.3 is 0 Å². The third-order valence-corrected chi connectivity index (χ3v) is 3.56. The summed E-state index contributed by atoms with van der Waals surface area (Å²) in [5.74, 6) is 0. The van der Waals surface area contributed by atoms with Gasteiger partial charge < -0.3 is 5.11 Å². The van der Waals surface area contributed by atoms with E-state index in [0.717, 1.165) is 17.1 Å². The maximum absolute atomic E-state index is 10.1. The van der Waals surface area contributed by atoms with Gasteiger partial charge in [-0.25, -0.2) is 4.98 Å². The minimum Gasteiger partial charge on any atom is -0.387 e. The van der Waals surface area contributed by atoms with Crippen molar-refractivity contribution in [2.24, 2.45) is 0 Å². The molecule has 2 aromatic rings. The Morgan fingerprint density at radius 2 is 2.16 bits per heavy atom. The molecule has 1 N–H and O–H groups in total. The summed E-state index contributed by atoms with van der Waals surface area (Å²) in [6.45, 7) is 1.26. The van der Waals surface area contributed by atoms with Gasteiger partial charge in [-0.15, -0.1) is 11.3 Å². The molecule has 0 bridgehead atoms. The van der Waals surface area contributed by atoms with Gasteiger partial charge in [0.2, 0.25) is 0 Å². The molecule has 2 rings (SSSR count). The third-order valence-electron chi connectivity index (χ3n) is 2.80. The summed E-state index contributed by atoms with van der Waals surface area (Å²) in [7, 11) is 1.95. The fourth-order valence-corrected chi connectivity index (χ4v) is 2.50. The largest absolute Gasteiger partial charge is 0.387 e. The van der Waals surface area contributed by atoms with Crippen molar-refractivity contribution in [1.29, 1.82) is 5.26 Å². The summed E-state index contributed by atoms with van der Waals surface area (Å²) in [5.41, 5.74) is 1.43. The monoisotopic (exact) mass is 273 g/mol. The van der Waals surface area contributed by atoms with Gasteiger partial charge in [-0.2, -0.15) is 5.26 Å². The number of aliphatic hydroxyl groups excluding tert-OH is 1. The van der Waals surface area contributed by atoms with E-state index in [1.807, 2.05) is 17.3 Å². The highest BCUT2D eigenvalue weighted by Gasteiger charge is 2.11. The Kier molecular flexibility index (Phi) is 4.63. The van der Waals surface area contributed by atoms with Crippen molar-refractivity contribution < 1.29 is 5.11 Å². The molecule has 1 aromatic carbocycles. The van der Waals surface area contributed by atoms with Gasteiger partial charge in [0.1, 0.15) is 5.01 Å². The Labute approximate surface area is 116 Å². The molecular formula is C14H15N3OS. The van der Waals surface area contributed by atoms with Crippen LogP contribution in [0.1, 0.15) is 22.2 Å². The average molecular weight is 273 g/mol. The zero-order valence-electron chi connectivity index (χ0n) is 10.7. The van der Waals surface area contributed by atoms with Gasteiger partial charge in [-0.05, 0) is 24.7 Å². The Bertz CT molecular complexity index is 545. The molecule has 1 unspecified atom stereocenters. The smallest absolute Gasteiger partial charge is 0.107 e. The first-order valence-corrected chi connectivity index (χ1v) is 6.82. The van der Waals surface area contributed by atoms with Crippen molar-refractivity contribution in [3.8, 4) is 6.07 Å². The van der Waals surface area contributed by atoms with E-state index in [1.54, 1.807) is 41.8 Å². The summed E-state index contributed by atoms with van der Waals surface area (Å²) in [6, 6.07) is 9.09. The predicted molar refractivity (Wildman–Crippen MR) is 74.6 cm³/mol. The molecule has 1 atom stereocenters. The van der Waals surface area contributed by atoms with Gasteiger partial charge in [0, 0.05) is 18.1 Å². The molecule has 0 saturated carbocycles. The first-order valence-electron chi connectivity index (χ1n) is 5.94. The molecular weight excluding hydrogens is 258 g/mol. The lowest BCUT2D eigenvalue weighted by atomic mass is 10.1. The van der Waals surface area contributed by atoms with Gasteiger partial charge in [0.15, 0.2) is 0 Å². The van der Waals surface area contributed by atoms with Gasteiger partial charge in [-0.1, -0.05) is 12.1 Å². The van der Waals surface area contributed by atoms with Crippen LogP contribution in [0.15, 0.2) is 35.8 Å². The highest BCUT2D eigenvalue weighted by Crippen LogP contribution is 2.16. The van der Waals surface area contributed by atoms with E-state index in [-0.39, 0.29) is 0 Å². The topological polar surface area (TPSA) is 60.1 Å². The molecule has 5 heteroatoms. The van der Waals surface area contributed by atoms with Crippen LogP contribution in [0.4, 0.5) is 0 Å². The molecule has 0 aliphatic carbocycles. The average Bonchev–Trinajstić information content (AvgIpc) is 2.91. The molecule has 19 heavy (non-hydrogen) atoms. The van der Waals surface area contributed by atoms with Crippen LogP contribution in [-0.4, -0.2) is 28.6 Å². The van der Waals surface area contributed by atoms with Crippen molar-refractivity contribution in [2.75, 3.05) is 13.6 Å². The van der Waals surface area contributed by atoms with Gasteiger partial charge in [0.25, 0.3) is 0 Å². The standard InChI is InChI=1S/C14H15N3OS/c1-17(10-14-16-6-7-19-14)9-13(18)12-4-2-11(8-15)3-5-12/h2-7,13,18H,9-10H2,1H3. The number of thiazole rings is 1. The number of likely N-dealkylation sites (N-methyl/N-ethyl adjacent to an activating group) is 1. The molecule has 0 fully saturated rings. The van der Waals surface area contributed by atoms with E-state index in [1.165, 1.54) is 0 Å². The van der Waals surface area contributed by atoms with Crippen molar-refractivity contribution in [2.45, 2.75) is 12.6 Å². The van der Waals surface area contributed by atoms with E-state index in [4.69, 9.17) is 5.26 Å². The van der Waals surface area contributed by atoms with E-state index in [0.29, 0.717) is 12.1 Å². The Morgan fingerprint density at radius 1 is 1.42 bits per heavy atom.